The highest BCUT2D eigenvalue weighted by molar-refractivity contribution is 5.97. The first-order valence-electron chi connectivity index (χ1n) is 11.1. The normalized spacial score (nSPS) is 15.9. The average molecular weight is 449 g/mol. The van der Waals surface area contributed by atoms with Crippen molar-refractivity contribution in [1.29, 1.82) is 0 Å². The van der Waals surface area contributed by atoms with Crippen LogP contribution >= 0.6 is 0 Å². The number of piperidine rings is 1. The van der Waals surface area contributed by atoms with Gasteiger partial charge in [-0.1, -0.05) is 24.3 Å². The molecule has 0 saturated carbocycles. The van der Waals surface area contributed by atoms with Crippen molar-refractivity contribution in [3.63, 3.8) is 0 Å². The van der Waals surface area contributed by atoms with E-state index in [0.29, 0.717) is 30.4 Å². The molecule has 2 heterocycles. The van der Waals surface area contributed by atoms with Crippen LogP contribution in [0.2, 0.25) is 0 Å². The van der Waals surface area contributed by atoms with Crippen molar-refractivity contribution in [3.8, 4) is 16.9 Å². The first-order valence-corrected chi connectivity index (χ1v) is 11.1. The van der Waals surface area contributed by atoms with Gasteiger partial charge in [0, 0.05) is 44.9 Å². The first-order chi connectivity index (χ1) is 15.9. The average Bonchev–Trinajstić information content (AvgIpc) is 2.83. The van der Waals surface area contributed by atoms with Crippen LogP contribution in [0.15, 0.2) is 48.7 Å². The number of aromatic nitrogens is 2. The molecule has 172 valence electrons. The highest BCUT2D eigenvalue weighted by atomic mass is 19.1. The number of methoxy groups -OCH3 is 1. The number of hydrogen-bond donors (Lipinski definition) is 0. The molecule has 1 fully saturated rings. The predicted molar refractivity (Wildman–Crippen MR) is 127 cm³/mol. The minimum atomic E-state index is -0.285. The molecule has 1 saturated heterocycles. The van der Waals surface area contributed by atoms with Crippen LogP contribution in [-0.2, 0) is 0 Å². The molecule has 6 nitrogen and oxygen atoms in total. The lowest BCUT2D eigenvalue weighted by molar-refractivity contribution is 0.0702. The van der Waals surface area contributed by atoms with E-state index in [2.05, 4.69) is 4.98 Å². The quantitative estimate of drug-likeness (QED) is 0.567. The molecule has 1 aromatic heterocycles. The van der Waals surface area contributed by atoms with Crippen LogP contribution in [-0.4, -0.2) is 55.1 Å². The Morgan fingerprint density at radius 1 is 1.18 bits per heavy atom. The van der Waals surface area contributed by atoms with Crippen molar-refractivity contribution in [2.75, 3.05) is 39.2 Å². The van der Waals surface area contributed by atoms with Gasteiger partial charge in [-0.2, -0.15) is 0 Å². The second kappa shape index (κ2) is 9.57. The lowest BCUT2D eigenvalue weighted by Gasteiger charge is -2.34. The van der Waals surface area contributed by atoms with Gasteiger partial charge in [0.25, 0.3) is 5.91 Å². The number of ether oxygens (including phenoxy) is 1. The Labute approximate surface area is 194 Å². The SMILES string of the molecule is COc1c(C)cccc1C(=O)N1CCCC(c2nc(N(C)C)ncc2-c2ccc(F)cc2)C1. The van der Waals surface area contributed by atoms with Gasteiger partial charge in [0.15, 0.2) is 0 Å². The van der Waals surface area contributed by atoms with Crippen molar-refractivity contribution in [1.82, 2.24) is 14.9 Å². The zero-order valence-corrected chi connectivity index (χ0v) is 19.5. The number of carbonyl (C=O) groups is 1. The number of para-hydroxylation sites is 1. The number of amides is 1. The fourth-order valence-electron chi connectivity index (χ4n) is 4.41. The van der Waals surface area contributed by atoms with E-state index in [9.17, 15) is 9.18 Å². The Morgan fingerprint density at radius 3 is 2.64 bits per heavy atom. The van der Waals surface area contributed by atoms with Crippen LogP contribution in [0.1, 0.15) is 40.4 Å². The summed E-state index contributed by atoms with van der Waals surface area (Å²) in [6.45, 7) is 3.17. The number of likely N-dealkylation sites (tertiary alicyclic amines) is 1. The smallest absolute Gasteiger partial charge is 0.257 e. The number of halogens is 1. The molecule has 0 aliphatic carbocycles. The van der Waals surface area contributed by atoms with Crippen molar-refractivity contribution in [3.05, 3.63) is 71.3 Å². The summed E-state index contributed by atoms with van der Waals surface area (Å²) in [6.07, 6.45) is 3.58. The van der Waals surface area contributed by atoms with Gasteiger partial charge in [0.05, 0.1) is 18.4 Å². The summed E-state index contributed by atoms with van der Waals surface area (Å²) in [4.78, 5) is 26.5. The lowest BCUT2D eigenvalue weighted by Crippen LogP contribution is -2.39. The minimum Gasteiger partial charge on any atom is -0.496 e. The summed E-state index contributed by atoms with van der Waals surface area (Å²) in [6, 6.07) is 12.0. The van der Waals surface area contributed by atoms with E-state index in [1.165, 1.54) is 12.1 Å². The Bertz CT molecular complexity index is 1150. The fourth-order valence-corrected chi connectivity index (χ4v) is 4.41. The Morgan fingerprint density at radius 2 is 1.94 bits per heavy atom. The molecular formula is C26H29FN4O2. The standard InChI is InChI=1S/C26H29FN4O2/c1-17-7-5-9-21(24(17)33-4)25(32)31-14-6-8-19(16-31)23-22(15-28-26(29-23)30(2)3)18-10-12-20(27)13-11-18/h5,7,9-13,15,19H,6,8,14,16H2,1-4H3. The number of carbonyl (C=O) groups excluding carboxylic acids is 1. The number of rotatable bonds is 5. The molecule has 0 bridgehead atoms. The van der Waals surface area contributed by atoms with E-state index in [0.717, 1.165) is 35.2 Å². The van der Waals surface area contributed by atoms with Gasteiger partial charge in [-0.25, -0.2) is 14.4 Å². The van der Waals surface area contributed by atoms with Crippen LogP contribution in [0.3, 0.4) is 0 Å². The van der Waals surface area contributed by atoms with Gasteiger partial charge in [-0.15, -0.1) is 0 Å². The summed E-state index contributed by atoms with van der Waals surface area (Å²) in [7, 11) is 5.39. The molecule has 1 amide bonds. The highest BCUT2D eigenvalue weighted by Gasteiger charge is 2.30. The number of aryl methyl sites for hydroxylation is 1. The third-order valence-corrected chi connectivity index (χ3v) is 6.10. The molecular weight excluding hydrogens is 419 g/mol. The minimum absolute atomic E-state index is 0.0366. The van der Waals surface area contributed by atoms with E-state index < -0.39 is 0 Å². The van der Waals surface area contributed by atoms with Gasteiger partial charge < -0.3 is 14.5 Å². The predicted octanol–water partition coefficient (Wildman–Crippen LogP) is 4.69. The largest absolute Gasteiger partial charge is 0.496 e. The first kappa shape index (κ1) is 22.7. The van der Waals surface area contributed by atoms with Crippen molar-refractivity contribution in [2.45, 2.75) is 25.7 Å². The van der Waals surface area contributed by atoms with Crippen molar-refractivity contribution >= 4 is 11.9 Å². The number of nitrogens with zero attached hydrogens (tertiary/aromatic N) is 4. The molecule has 0 N–H and O–H groups in total. The lowest BCUT2D eigenvalue weighted by atomic mass is 9.89. The summed E-state index contributed by atoms with van der Waals surface area (Å²) in [5.41, 5.74) is 4.12. The fraction of sp³-hybridized carbons (Fsp3) is 0.346. The maximum absolute atomic E-state index is 13.5. The molecule has 1 unspecified atom stereocenters. The maximum Gasteiger partial charge on any atom is 0.257 e. The highest BCUT2D eigenvalue weighted by Crippen LogP contribution is 2.35. The van der Waals surface area contributed by atoms with Crippen LogP contribution in [0.5, 0.6) is 5.75 Å². The monoisotopic (exact) mass is 448 g/mol. The summed E-state index contributed by atoms with van der Waals surface area (Å²) in [5.74, 6) is 0.951. The van der Waals surface area contributed by atoms with Crippen molar-refractivity contribution in [2.24, 2.45) is 0 Å². The summed E-state index contributed by atoms with van der Waals surface area (Å²) in [5, 5.41) is 0. The number of anilines is 1. The van der Waals surface area contributed by atoms with Gasteiger partial charge >= 0.3 is 0 Å². The molecule has 7 heteroatoms. The van der Waals surface area contributed by atoms with Gasteiger partial charge in [-0.3, -0.25) is 4.79 Å². The zero-order valence-electron chi connectivity index (χ0n) is 19.5. The molecule has 4 rings (SSSR count). The van der Waals surface area contributed by atoms with Gasteiger partial charge in [0.2, 0.25) is 5.95 Å². The Kier molecular flexibility index (Phi) is 6.58. The third kappa shape index (κ3) is 4.67. The van der Waals surface area contributed by atoms with Crippen molar-refractivity contribution < 1.29 is 13.9 Å². The van der Waals surface area contributed by atoms with Crippen LogP contribution < -0.4 is 9.64 Å². The maximum atomic E-state index is 13.5. The second-order valence-electron chi connectivity index (χ2n) is 8.62. The van der Waals surface area contributed by atoms with E-state index in [4.69, 9.17) is 9.72 Å². The molecule has 0 spiro atoms. The Balaban J connectivity index is 1.69. The van der Waals surface area contributed by atoms with E-state index in [1.54, 1.807) is 25.4 Å². The Hall–Kier alpha value is -3.48. The van der Waals surface area contributed by atoms with E-state index >= 15 is 0 Å². The molecule has 3 aromatic rings. The second-order valence-corrected chi connectivity index (χ2v) is 8.62. The molecule has 0 radical (unpaired) electrons. The van der Waals surface area contributed by atoms with Gasteiger partial charge in [-0.05, 0) is 49.1 Å². The molecule has 33 heavy (non-hydrogen) atoms. The van der Waals surface area contributed by atoms with Crippen LogP contribution in [0.4, 0.5) is 10.3 Å². The molecule has 1 atom stereocenters. The van der Waals surface area contributed by atoms with E-state index in [-0.39, 0.29) is 17.6 Å². The summed E-state index contributed by atoms with van der Waals surface area (Å²) < 4.78 is 19.1. The number of hydrogen-bond acceptors (Lipinski definition) is 5. The topological polar surface area (TPSA) is 58.6 Å². The van der Waals surface area contributed by atoms with Crippen LogP contribution in [0.25, 0.3) is 11.1 Å². The molecule has 1 aliphatic heterocycles. The van der Waals surface area contributed by atoms with Crippen LogP contribution in [0, 0.1) is 12.7 Å². The molecule has 1 aliphatic rings. The third-order valence-electron chi connectivity index (χ3n) is 6.10. The van der Waals surface area contributed by atoms with Gasteiger partial charge in [0.1, 0.15) is 11.6 Å². The number of benzene rings is 2. The van der Waals surface area contributed by atoms with E-state index in [1.807, 2.05) is 49.0 Å². The summed E-state index contributed by atoms with van der Waals surface area (Å²) >= 11 is 0. The zero-order chi connectivity index (χ0) is 23.5. The molecule has 2 aromatic carbocycles.